The second-order valence-electron chi connectivity index (χ2n) is 3.83. The summed E-state index contributed by atoms with van der Waals surface area (Å²) in [6, 6.07) is 0. The largest absolute Gasteiger partial charge is 0.396 e. The molecule has 0 rings (SSSR count). The van der Waals surface area contributed by atoms with Crippen LogP contribution in [0.15, 0.2) is 0 Å². The molecule has 0 spiro atoms. The van der Waals surface area contributed by atoms with E-state index in [0.717, 1.165) is 25.7 Å². The van der Waals surface area contributed by atoms with Gasteiger partial charge in [-0.1, -0.05) is 12.8 Å². The number of hydrogen-bond acceptors (Lipinski definition) is 5. The van der Waals surface area contributed by atoms with Gasteiger partial charge in [-0.3, -0.25) is 0 Å². The number of rotatable bonds is 7. The van der Waals surface area contributed by atoms with Crippen molar-refractivity contribution >= 4 is 0 Å². The lowest BCUT2D eigenvalue weighted by molar-refractivity contribution is -0.0438. The Kier molecular flexibility index (Phi) is 14.6. The summed E-state index contributed by atoms with van der Waals surface area (Å²) in [7, 11) is 0. The maximum Gasteiger partial charge on any atom is 0.105 e. The summed E-state index contributed by atoms with van der Waals surface area (Å²) in [6.45, 7) is 3.42. The first-order chi connectivity index (χ1) is 7.47. The van der Waals surface area contributed by atoms with Gasteiger partial charge in [0, 0.05) is 13.2 Å². The zero-order chi connectivity index (χ0) is 13.0. The van der Waals surface area contributed by atoms with Crippen LogP contribution in [0.25, 0.3) is 0 Å². The standard InChI is InChI=1S/C6H14O2.C5H12O3/c7-5-3-1-2-4-6-8;1-3(6)5(8)4(2)7/h7-8H,1-6H2;3-8H,1-2H3. The Labute approximate surface area is 97.4 Å². The minimum Gasteiger partial charge on any atom is -0.396 e. The lowest BCUT2D eigenvalue weighted by Crippen LogP contribution is -2.33. The summed E-state index contributed by atoms with van der Waals surface area (Å²) in [6.07, 6.45) is 1.11. The maximum atomic E-state index is 8.70. The van der Waals surface area contributed by atoms with Gasteiger partial charge in [0.05, 0.1) is 12.2 Å². The fraction of sp³-hybridized carbons (Fsp3) is 1.00. The molecule has 100 valence electrons. The fourth-order valence-corrected chi connectivity index (χ4v) is 0.980. The molecule has 0 radical (unpaired) electrons. The third kappa shape index (κ3) is 13.8. The Morgan fingerprint density at radius 3 is 1.12 bits per heavy atom. The lowest BCUT2D eigenvalue weighted by Gasteiger charge is -2.15. The average molecular weight is 238 g/mol. The molecule has 0 aromatic carbocycles. The van der Waals surface area contributed by atoms with E-state index in [9.17, 15) is 0 Å². The van der Waals surface area contributed by atoms with E-state index in [1.165, 1.54) is 13.8 Å². The molecule has 0 amide bonds. The Morgan fingerprint density at radius 1 is 0.688 bits per heavy atom. The highest BCUT2D eigenvalue weighted by atomic mass is 16.4. The molecule has 0 aromatic heterocycles. The molecule has 0 heterocycles. The van der Waals surface area contributed by atoms with Crippen LogP contribution in [0.5, 0.6) is 0 Å². The minimum absolute atomic E-state index is 0.283. The normalized spacial score (nSPS) is 15.9. The van der Waals surface area contributed by atoms with Gasteiger partial charge in [-0.25, -0.2) is 0 Å². The molecule has 0 aliphatic rings. The van der Waals surface area contributed by atoms with E-state index in [2.05, 4.69) is 0 Å². The Balaban J connectivity index is 0. The summed E-state index contributed by atoms with van der Waals surface area (Å²) >= 11 is 0. The van der Waals surface area contributed by atoms with Crippen LogP contribution < -0.4 is 0 Å². The van der Waals surface area contributed by atoms with Crippen LogP contribution in [0.2, 0.25) is 0 Å². The topological polar surface area (TPSA) is 101 Å². The SMILES string of the molecule is CC(O)C(O)C(C)O.OCCCCCCO. The highest BCUT2D eigenvalue weighted by Gasteiger charge is 2.15. The minimum atomic E-state index is -1.02. The van der Waals surface area contributed by atoms with Crippen molar-refractivity contribution in [2.24, 2.45) is 0 Å². The molecule has 0 aromatic rings. The van der Waals surface area contributed by atoms with Crippen molar-refractivity contribution < 1.29 is 25.5 Å². The van der Waals surface area contributed by atoms with Gasteiger partial charge in [0.25, 0.3) is 0 Å². The number of hydrogen-bond donors (Lipinski definition) is 5. The van der Waals surface area contributed by atoms with Gasteiger partial charge in [-0.15, -0.1) is 0 Å². The first-order valence-corrected chi connectivity index (χ1v) is 5.73. The smallest absolute Gasteiger partial charge is 0.105 e. The third-order valence-electron chi connectivity index (χ3n) is 2.05. The van der Waals surface area contributed by atoms with E-state index >= 15 is 0 Å². The van der Waals surface area contributed by atoms with Crippen LogP contribution in [0.4, 0.5) is 0 Å². The van der Waals surface area contributed by atoms with Crippen LogP contribution in [-0.2, 0) is 0 Å². The molecule has 2 atom stereocenters. The summed E-state index contributed by atoms with van der Waals surface area (Å²) in [5.74, 6) is 0. The average Bonchev–Trinajstić information content (AvgIpc) is 2.24. The predicted octanol–water partition coefficient (Wildman–Crippen LogP) is -0.360. The second-order valence-corrected chi connectivity index (χ2v) is 3.83. The molecule has 0 aliphatic carbocycles. The first-order valence-electron chi connectivity index (χ1n) is 5.73. The summed E-state index contributed by atoms with van der Waals surface area (Å²) < 4.78 is 0. The molecule has 0 bridgehead atoms. The molecule has 0 saturated carbocycles. The zero-order valence-corrected chi connectivity index (χ0v) is 10.2. The second kappa shape index (κ2) is 12.9. The van der Waals surface area contributed by atoms with E-state index < -0.39 is 18.3 Å². The molecule has 0 saturated heterocycles. The first kappa shape index (κ1) is 18.2. The van der Waals surface area contributed by atoms with E-state index in [1.54, 1.807) is 0 Å². The van der Waals surface area contributed by atoms with E-state index in [0.29, 0.717) is 0 Å². The van der Waals surface area contributed by atoms with Crippen LogP contribution >= 0.6 is 0 Å². The van der Waals surface area contributed by atoms with Crippen molar-refractivity contribution in [3.63, 3.8) is 0 Å². The molecule has 16 heavy (non-hydrogen) atoms. The van der Waals surface area contributed by atoms with E-state index in [4.69, 9.17) is 25.5 Å². The predicted molar refractivity (Wildman–Crippen MR) is 62.0 cm³/mol. The Bertz CT molecular complexity index is 114. The van der Waals surface area contributed by atoms with Crippen molar-refractivity contribution in [3.8, 4) is 0 Å². The monoisotopic (exact) mass is 238 g/mol. The molecule has 2 unspecified atom stereocenters. The highest BCUT2D eigenvalue weighted by Crippen LogP contribution is 1.97. The summed E-state index contributed by atoms with van der Waals surface area (Å²) in [5, 5.41) is 42.5. The van der Waals surface area contributed by atoms with Gasteiger partial charge in [0.1, 0.15) is 6.10 Å². The van der Waals surface area contributed by atoms with Crippen molar-refractivity contribution in [2.45, 2.75) is 57.8 Å². The van der Waals surface area contributed by atoms with Gasteiger partial charge in [0.15, 0.2) is 0 Å². The molecule has 0 fully saturated rings. The van der Waals surface area contributed by atoms with E-state index in [-0.39, 0.29) is 13.2 Å². The van der Waals surface area contributed by atoms with Crippen LogP contribution in [-0.4, -0.2) is 57.1 Å². The zero-order valence-electron chi connectivity index (χ0n) is 10.2. The highest BCUT2D eigenvalue weighted by molar-refractivity contribution is 4.66. The molecular weight excluding hydrogens is 212 g/mol. The molecule has 0 aliphatic heterocycles. The maximum absolute atomic E-state index is 8.70. The van der Waals surface area contributed by atoms with Gasteiger partial charge in [0.2, 0.25) is 0 Å². The van der Waals surface area contributed by atoms with Crippen LogP contribution in [0.3, 0.4) is 0 Å². The third-order valence-corrected chi connectivity index (χ3v) is 2.05. The van der Waals surface area contributed by atoms with Gasteiger partial charge >= 0.3 is 0 Å². The number of unbranched alkanes of at least 4 members (excludes halogenated alkanes) is 3. The summed E-state index contributed by atoms with van der Waals surface area (Å²) in [4.78, 5) is 0. The quantitative estimate of drug-likeness (QED) is 0.390. The summed E-state index contributed by atoms with van der Waals surface area (Å²) in [5.41, 5.74) is 0. The van der Waals surface area contributed by atoms with Crippen molar-refractivity contribution in [3.05, 3.63) is 0 Å². The van der Waals surface area contributed by atoms with Crippen LogP contribution in [0, 0.1) is 0 Å². The number of aliphatic hydroxyl groups is 5. The number of aliphatic hydroxyl groups excluding tert-OH is 5. The molecular formula is C11H26O5. The molecule has 5 N–H and O–H groups in total. The van der Waals surface area contributed by atoms with Crippen molar-refractivity contribution in [2.75, 3.05) is 13.2 Å². The van der Waals surface area contributed by atoms with Crippen LogP contribution in [0.1, 0.15) is 39.5 Å². The van der Waals surface area contributed by atoms with Gasteiger partial charge < -0.3 is 25.5 Å². The van der Waals surface area contributed by atoms with Crippen molar-refractivity contribution in [1.82, 2.24) is 0 Å². The van der Waals surface area contributed by atoms with E-state index in [1.807, 2.05) is 0 Å². The molecule has 5 nitrogen and oxygen atoms in total. The van der Waals surface area contributed by atoms with Crippen molar-refractivity contribution in [1.29, 1.82) is 0 Å². The Hall–Kier alpha value is -0.200. The van der Waals surface area contributed by atoms with Gasteiger partial charge in [-0.05, 0) is 26.7 Å². The fourth-order valence-electron chi connectivity index (χ4n) is 0.980. The lowest BCUT2D eigenvalue weighted by atomic mass is 10.1. The Morgan fingerprint density at radius 2 is 1.00 bits per heavy atom. The molecule has 5 heteroatoms. The van der Waals surface area contributed by atoms with Gasteiger partial charge in [-0.2, -0.15) is 0 Å².